The topological polar surface area (TPSA) is 67.4 Å². The largest absolute Gasteiger partial charge is 0.468 e. The lowest BCUT2D eigenvalue weighted by molar-refractivity contribution is -0.139. The van der Waals surface area contributed by atoms with Gasteiger partial charge in [0.25, 0.3) is 5.91 Å². The van der Waals surface area contributed by atoms with Crippen molar-refractivity contribution in [3.05, 3.63) is 29.3 Å². The summed E-state index contributed by atoms with van der Waals surface area (Å²) in [5, 5.41) is 5.50. The third-order valence-corrected chi connectivity index (χ3v) is 2.38. The Morgan fingerprint density at radius 3 is 2.59 bits per heavy atom. The number of methoxy groups -OCH3 is 1. The van der Waals surface area contributed by atoms with Gasteiger partial charge in [-0.05, 0) is 30.7 Å². The van der Waals surface area contributed by atoms with E-state index in [9.17, 15) is 9.59 Å². The quantitative estimate of drug-likeness (QED) is 0.763. The van der Waals surface area contributed by atoms with Gasteiger partial charge in [0.15, 0.2) is 0 Å². The highest BCUT2D eigenvalue weighted by molar-refractivity contribution is 5.96. The van der Waals surface area contributed by atoms with E-state index in [1.165, 1.54) is 7.11 Å². The zero-order chi connectivity index (χ0) is 12.8. The molecule has 0 bridgehead atoms. The molecule has 1 amide bonds. The van der Waals surface area contributed by atoms with Crippen LogP contribution in [0.2, 0.25) is 0 Å². The molecule has 0 aliphatic heterocycles. The lowest BCUT2D eigenvalue weighted by Gasteiger charge is -2.08. The van der Waals surface area contributed by atoms with Crippen molar-refractivity contribution in [2.24, 2.45) is 0 Å². The fourth-order valence-corrected chi connectivity index (χ4v) is 1.41. The van der Waals surface area contributed by atoms with Gasteiger partial charge in [-0.2, -0.15) is 0 Å². The van der Waals surface area contributed by atoms with Gasteiger partial charge in [-0.15, -0.1) is 0 Å². The molecule has 0 saturated heterocycles. The van der Waals surface area contributed by atoms with Crippen LogP contribution in [0.15, 0.2) is 18.2 Å². The molecule has 92 valence electrons. The van der Waals surface area contributed by atoms with Crippen LogP contribution in [0.4, 0.5) is 5.69 Å². The second kappa shape index (κ2) is 5.89. The van der Waals surface area contributed by atoms with Gasteiger partial charge >= 0.3 is 5.97 Å². The van der Waals surface area contributed by atoms with Crippen LogP contribution >= 0.6 is 0 Å². The van der Waals surface area contributed by atoms with Gasteiger partial charge in [0, 0.05) is 18.3 Å². The first-order valence-corrected chi connectivity index (χ1v) is 5.22. The number of carbonyl (C=O) groups excluding carboxylic acids is 2. The van der Waals surface area contributed by atoms with E-state index in [1.54, 1.807) is 12.1 Å². The minimum absolute atomic E-state index is 0.123. The summed E-state index contributed by atoms with van der Waals surface area (Å²) in [4.78, 5) is 22.5. The molecule has 17 heavy (non-hydrogen) atoms. The Balaban J connectivity index is 2.69. The number of benzene rings is 1. The number of rotatable bonds is 4. The normalized spacial score (nSPS) is 9.59. The van der Waals surface area contributed by atoms with Crippen molar-refractivity contribution in [3.63, 3.8) is 0 Å². The first-order valence-electron chi connectivity index (χ1n) is 5.22. The number of amides is 1. The summed E-state index contributed by atoms with van der Waals surface area (Å²) in [5.74, 6) is -0.761. The van der Waals surface area contributed by atoms with Crippen LogP contribution < -0.4 is 10.6 Å². The van der Waals surface area contributed by atoms with E-state index in [2.05, 4.69) is 15.4 Å². The Morgan fingerprint density at radius 1 is 1.35 bits per heavy atom. The van der Waals surface area contributed by atoms with E-state index in [1.807, 2.05) is 20.0 Å². The molecule has 5 nitrogen and oxygen atoms in total. The molecule has 0 heterocycles. The number of ether oxygens (including phenoxy) is 1. The third kappa shape index (κ3) is 3.48. The van der Waals surface area contributed by atoms with Crippen LogP contribution in [-0.2, 0) is 9.53 Å². The summed E-state index contributed by atoms with van der Waals surface area (Å²) in [5.41, 5.74) is 2.46. The van der Waals surface area contributed by atoms with E-state index in [-0.39, 0.29) is 12.5 Å². The highest BCUT2D eigenvalue weighted by atomic mass is 16.5. The maximum Gasteiger partial charge on any atom is 0.325 e. The van der Waals surface area contributed by atoms with E-state index >= 15 is 0 Å². The Kier molecular flexibility index (Phi) is 4.51. The maximum atomic E-state index is 11.7. The fraction of sp³-hybridized carbons (Fsp3) is 0.333. The van der Waals surface area contributed by atoms with Crippen LogP contribution in [-0.4, -0.2) is 32.6 Å². The van der Waals surface area contributed by atoms with Gasteiger partial charge in [0.05, 0.1) is 7.11 Å². The van der Waals surface area contributed by atoms with Gasteiger partial charge < -0.3 is 15.4 Å². The number of hydrogen-bond donors (Lipinski definition) is 2. The molecule has 0 spiro atoms. The number of carbonyl (C=O) groups is 2. The average Bonchev–Trinajstić information content (AvgIpc) is 2.35. The summed E-state index contributed by atoms with van der Waals surface area (Å²) < 4.78 is 4.43. The first-order chi connectivity index (χ1) is 8.08. The fourth-order valence-electron chi connectivity index (χ4n) is 1.41. The van der Waals surface area contributed by atoms with Crippen molar-refractivity contribution in [2.45, 2.75) is 6.92 Å². The lowest BCUT2D eigenvalue weighted by Crippen LogP contribution is -2.30. The van der Waals surface area contributed by atoms with Gasteiger partial charge in [-0.25, -0.2) is 0 Å². The first kappa shape index (κ1) is 13.0. The molecule has 5 heteroatoms. The average molecular weight is 236 g/mol. The molecule has 0 aliphatic rings. The molecule has 1 rings (SSSR count). The molecule has 0 aliphatic carbocycles. The lowest BCUT2D eigenvalue weighted by atomic mass is 10.1. The van der Waals surface area contributed by atoms with Crippen LogP contribution in [0, 0.1) is 6.92 Å². The smallest absolute Gasteiger partial charge is 0.325 e. The molecule has 1 aromatic carbocycles. The Morgan fingerprint density at radius 2 is 2.06 bits per heavy atom. The Bertz CT molecular complexity index is 430. The molecule has 0 unspecified atom stereocenters. The molecule has 0 radical (unpaired) electrons. The second-order valence-electron chi connectivity index (χ2n) is 3.54. The summed E-state index contributed by atoms with van der Waals surface area (Å²) in [6.07, 6.45) is 0. The minimum atomic E-state index is -0.470. The van der Waals surface area contributed by atoms with Gasteiger partial charge in [0.2, 0.25) is 0 Å². The highest BCUT2D eigenvalue weighted by Gasteiger charge is 2.09. The molecule has 0 fully saturated rings. The van der Waals surface area contributed by atoms with Crippen molar-refractivity contribution >= 4 is 17.6 Å². The number of nitrogens with one attached hydrogen (secondary N) is 2. The van der Waals surface area contributed by atoms with Gasteiger partial charge in [0.1, 0.15) is 6.54 Å². The SMILES string of the molecule is CNc1ccc(C(=O)NCC(=O)OC)cc1C. The standard InChI is InChI=1S/C12H16N2O3/c1-8-6-9(4-5-10(8)13-2)12(16)14-7-11(15)17-3/h4-6,13H,7H2,1-3H3,(H,14,16). The minimum Gasteiger partial charge on any atom is -0.468 e. The molecule has 0 saturated carbocycles. The van der Waals surface area contributed by atoms with Gasteiger partial charge in [-0.3, -0.25) is 9.59 Å². The zero-order valence-electron chi connectivity index (χ0n) is 10.2. The van der Waals surface area contributed by atoms with Crippen LogP contribution in [0.3, 0.4) is 0 Å². The monoisotopic (exact) mass is 236 g/mol. The van der Waals surface area contributed by atoms with Crippen molar-refractivity contribution in [1.82, 2.24) is 5.32 Å². The summed E-state index contributed by atoms with van der Waals surface area (Å²) in [6.45, 7) is 1.78. The van der Waals surface area contributed by atoms with Gasteiger partial charge in [-0.1, -0.05) is 0 Å². The number of esters is 1. The molecule has 2 N–H and O–H groups in total. The molecule has 1 aromatic rings. The van der Waals surface area contributed by atoms with E-state index in [4.69, 9.17) is 0 Å². The molecular weight excluding hydrogens is 220 g/mol. The number of hydrogen-bond acceptors (Lipinski definition) is 4. The van der Waals surface area contributed by atoms with Crippen molar-refractivity contribution in [3.8, 4) is 0 Å². The molecular formula is C12H16N2O3. The molecule has 0 atom stereocenters. The Labute approximate surface area is 100 Å². The summed E-state index contributed by atoms with van der Waals surface area (Å²) in [7, 11) is 3.10. The van der Waals surface area contributed by atoms with Crippen LogP contribution in [0.1, 0.15) is 15.9 Å². The number of anilines is 1. The van der Waals surface area contributed by atoms with Crippen molar-refractivity contribution < 1.29 is 14.3 Å². The second-order valence-corrected chi connectivity index (χ2v) is 3.54. The zero-order valence-corrected chi connectivity index (χ0v) is 10.2. The van der Waals surface area contributed by atoms with E-state index in [0.29, 0.717) is 5.56 Å². The maximum absolute atomic E-state index is 11.7. The Hall–Kier alpha value is -2.04. The van der Waals surface area contributed by atoms with E-state index < -0.39 is 5.97 Å². The third-order valence-electron chi connectivity index (χ3n) is 2.38. The highest BCUT2D eigenvalue weighted by Crippen LogP contribution is 2.15. The predicted octanol–water partition coefficient (Wildman–Crippen LogP) is 0.940. The number of aryl methyl sites for hydroxylation is 1. The van der Waals surface area contributed by atoms with Crippen molar-refractivity contribution in [2.75, 3.05) is 26.0 Å². The van der Waals surface area contributed by atoms with Crippen LogP contribution in [0.5, 0.6) is 0 Å². The van der Waals surface area contributed by atoms with Crippen molar-refractivity contribution in [1.29, 1.82) is 0 Å². The predicted molar refractivity (Wildman–Crippen MR) is 65.1 cm³/mol. The summed E-state index contributed by atoms with van der Waals surface area (Å²) in [6, 6.07) is 5.28. The summed E-state index contributed by atoms with van der Waals surface area (Å²) >= 11 is 0. The molecule has 0 aromatic heterocycles. The van der Waals surface area contributed by atoms with Crippen LogP contribution in [0.25, 0.3) is 0 Å². The van der Waals surface area contributed by atoms with E-state index in [0.717, 1.165) is 11.3 Å².